The van der Waals surface area contributed by atoms with E-state index in [1.165, 1.54) is 12.1 Å². The zero-order valence-electron chi connectivity index (χ0n) is 44.8. The summed E-state index contributed by atoms with van der Waals surface area (Å²) in [6.07, 6.45) is -10.1. The number of halogens is 7. The van der Waals surface area contributed by atoms with Crippen molar-refractivity contribution in [2.45, 2.75) is 12.4 Å². The highest BCUT2D eigenvalue weighted by Gasteiger charge is 2.38. The Balaban J connectivity index is 1.04. The van der Waals surface area contributed by atoms with Gasteiger partial charge in [0.2, 0.25) is 0 Å². The van der Waals surface area contributed by atoms with Gasteiger partial charge < -0.3 is 0 Å². The number of benzene rings is 15. The zero-order valence-corrected chi connectivity index (χ0v) is 44.8. The second-order valence-electron chi connectivity index (χ2n) is 22.4. The standard InChI is InChI=1S/C78H41F7/c79-48-29-27-42(28-30-48)49-19-7-9-21-51(49)69-55-25-13-11-23-53(55)65(43-15-3-1-4-16-43)73-61-35-31-57-60-34-38-64-72-62(36-32-58(68(60)72)59-33-37-63(75(69)73)71(61)67(57)59)74-66(44-17-5-2-6-18-44)54-24-12-14-26-56(54)70(76(64)74)52-22-10-8-20-50(52)45-39-46(77(80,81)82)41-47(40-45)78(83,84)85/h1-41H. The Bertz CT molecular complexity index is 5800. The molecule has 0 radical (unpaired) electrons. The Hall–Kier alpha value is -10.4. The van der Waals surface area contributed by atoms with Gasteiger partial charge in [-0.05, 0) is 203 Å². The smallest absolute Gasteiger partial charge is 0.207 e. The lowest BCUT2D eigenvalue weighted by molar-refractivity contribution is -0.143. The van der Waals surface area contributed by atoms with Crippen LogP contribution in [0.2, 0.25) is 0 Å². The third kappa shape index (κ3) is 7.04. The summed E-state index contributed by atoms with van der Waals surface area (Å²) in [5, 5.41) is 20.8. The fraction of sp³-hybridized carbons (Fsp3) is 0.0256. The molecule has 0 saturated heterocycles. The molecular weight excluding hydrogens is 1070 g/mol. The number of fused-ring (bicyclic) bond motifs is 6. The molecule has 0 aliphatic heterocycles. The van der Waals surface area contributed by atoms with Crippen LogP contribution in [0, 0.1) is 47.6 Å². The van der Waals surface area contributed by atoms with Crippen LogP contribution in [-0.4, -0.2) is 0 Å². The number of rotatable bonds is 6. The van der Waals surface area contributed by atoms with Crippen LogP contribution in [0.3, 0.4) is 0 Å². The molecule has 0 saturated carbocycles. The molecular formula is C78H41F7. The Labute approximate surface area is 479 Å². The summed E-state index contributed by atoms with van der Waals surface area (Å²) in [6.45, 7) is 0. The molecule has 0 heterocycles. The average Bonchev–Trinajstić information content (AvgIpc) is 1.58. The lowest BCUT2D eigenvalue weighted by Gasteiger charge is -2.19. The Morgan fingerprint density at radius 3 is 0.918 bits per heavy atom. The van der Waals surface area contributed by atoms with Gasteiger partial charge in [0.25, 0.3) is 0 Å². The molecule has 402 valence electrons. The maximum atomic E-state index is 14.6. The van der Waals surface area contributed by atoms with E-state index in [0.29, 0.717) is 5.56 Å². The van der Waals surface area contributed by atoms with Gasteiger partial charge in [-0.1, -0.05) is 218 Å². The summed E-state index contributed by atoms with van der Waals surface area (Å²) >= 11 is 0. The first-order chi connectivity index (χ1) is 41.4. The van der Waals surface area contributed by atoms with E-state index in [1.807, 2.05) is 66.7 Å². The number of hydrogen-bond acceptors (Lipinski definition) is 0. The summed E-state index contributed by atoms with van der Waals surface area (Å²) in [5.74, 6) is -0.298. The largest absolute Gasteiger partial charge is 0.416 e. The predicted molar refractivity (Wildman–Crippen MR) is 329 cm³/mol. The van der Waals surface area contributed by atoms with Crippen LogP contribution in [-0.2, 0) is 12.4 Å². The van der Waals surface area contributed by atoms with Crippen molar-refractivity contribution >= 4 is 64.6 Å². The molecule has 0 aromatic heterocycles. The van der Waals surface area contributed by atoms with Crippen molar-refractivity contribution in [3.05, 3.63) is 307 Å². The topological polar surface area (TPSA) is 0 Å². The quantitative estimate of drug-likeness (QED) is 0.0884. The molecule has 0 unspecified atom stereocenters. The molecule has 15 aromatic carbocycles. The average molecular weight is 1110 g/mol. The molecule has 85 heavy (non-hydrogen) atoms. The third-order valence-corrected chi connectivity index (χ3v) is 18.0. The zero-order chi connectivity index (χ0) is 57.2. The highest BCUT2D eigenvalue weighted by molar-refractivity contribution is 6.33. The lowest BCUT2D eigenvalue weighted by atomic mass is 9.85. The molecule has 0 spiro atoms. The maximum absolute atomic E-state index is 14.6. The van der Waals surface area contributed by atoms with E-state index in [1.54, 1.807) is 18.2 Å². The van der Waals surface area contributed by atoms with E-state index < -0.39 is 23.5 Å². The molecule has 0 bridgehead atoms. The van der Waals surface area contributed by atoms with Gasteiger partial charge in [-0.3, -0.25) is 0 Å². The van der Waals surface area contributed by atoms with Crippen LogP contribution < -0.4 is 0 Å². The summed E-state index contributed by atoms with van der Waals surface area (Å²) in [5.41, 5.74) is 6.77. The van der Waals surface area contributed by atoms with Crippen LogP contribution in [0.1, 0.15) is 11.1 Å². The minimum absolute atomic E-state index is 0.187. The van der Waals surface area contributed by atoms with Crippen molar-refractivity contribution < 1.29 is 30.7 Å². The van der Waals surface area contributed by atoms with Gasteiger partial charge >= 0.3 is 12.4 Å². The van der Waals surface area contributed by atoms with Crippen molar-refractivity contribution in [2.75, 3.05) is 0 Å². The van der Waals surface area contributed by atoms with Gasteiger partial charge in [-0.15, -0.1) is 0 Å². The Morgan fingerprint density at radius 2 is 0.541 bits per heavy atom. The Kier molecular flexibility index (Phi) is 10.3. The van der Waals surface area contributed by atoms with Crippen molar-refractivity contribution in [1.82, 2.24) is 0 Å². The SMILES string of the molecule is Fc1ccc(-c2ccccc2-c2c3c(c(-c4ccccc4)c4ccccc24)=c2ccc4c5ccc6c7c(ccc(c8ccc=3c2c84)c75)=c2c(-c3ccccc3)c3ccccc3c(-c3ccccc3-c3cc(C(F)(F)F)cc(C(F)(F)F)c3)c2=6)cc1. The third-order valence-electron chi connectivity index (χ3n) is 18.0. The van der Waals surface area contributed by atoms with E-state index in [-0.39, 0.29) is 23.0 Å². The van der Waals surface area contributed by atoms with Gasteiger partial charge in [-0.2, -0.15) is 26.3 Å². The second-order valence-corrected chi connectivity index (χ2v) is 22.4. The van der Waals surface area contributed by atoms with Gasteiger partial charge in [0.05, 0.1) is 11.1 Å². The van der Waals surface area contributed by atoms with Gasteiger partial charge in [0.1, 0.15) is 5.82 Å². The molecule has 7 heteroatoms. The summed E-state index contributed by atoms with van der Waals surface area (Å²) in [4.78, 5) is 0. The van der Waals surface area contributed by atoms with Crippen LogP contribution in [0.25, 0.3) is 131 Å². The van der Waals surface area contributed by atoms with Gasteiger partial charge in [-0.25, -0.2) is 4.39 Å². The van der Waals surface area contributed by atoms with Crippen LogP contribution >= 0.6 is 0 Å². The molecule has 0 atom stereocenters. The summed E-state index contributed by atoms with van der Waals surface area (Å²) in [6, 6.07) is 79.3. The highest BCUT2D eigenvalue weighted by Crippen LogP contribution is 2.51. The monoisotopic (exact) mass is 1110 g/mol. The fourth-order valence-corrected chi connectivity index (χ4v) is 14.7. The van der Waals surface area contributed by atoms with Crippen LogP contribution in [0.4, 0.5) is 30.7 Å². The Morgan fingerprint density at radius 1 is 0.224 bits per heavy atom. The van der Waals surface area contributed by atoms with Gasteiger partial charge in [0, 0.05) is 0 Å². The molecule has 0 fully saturated rings. The van der Waals surface area contributed by atoms with Crippen molar-refractivity contribution in [1.29, 1.82) is 0 Å². The van der Waals surface area contributed by atoms with E-state index in [2.05, 4.69) is 133 Å². The molecule has 17 rings (SSSR count). The number of hydrogen-bond donors (Lipinski definition) is 0. The van der Waals surface area contributed by atoms with Crippen LogP contribution in [0.15, 0.2) is 249 Å². The minimum Gasteiger partial charge on any atom is -0.207 e. The van der Waals surface area contributed by atoms with Crippen molar-refractivity contribution in [2.24, 2.45) is 0 Å². The summed E-state index contributed by atoms with van der Waals surface area (Å²) < 4.78 is 102. The van der Waals surface area contributed by atoms with E-state index in [9.17, 15) is 30.7 Å². The first kappa shape index (κ1) is 49.3. The van der Waals surface area contributed by atoms with Gasteiger partial charge in [0.15, 0.2) is 0 Å². The molecule has 2 aliphatic rings. The lowest BCUT2D eigenvalue weighted by Crippen LogP contribution is -2.11. The molecule has 15 aromatic rings. The predicted octanol–water partition coefficient (Wildman–Crippen LogP) is 22.0. The first-order valence-corrected chi connectivity index (χ1v) is 28.1. The van der Waals surface area contributed by atoms with Crippen LogP contribution in [0.5, 0.6) is 0 Å². The van der Waals surface area contributed by atoms with E-state index in [0.717, 1.165) is 169 Å². The van der Waals surface area contributed by atoms with Crippen molar-refractivity contribution in [3.8, 4) is 66.8 Å². The minimum atomic E-state index is -5.04. The molecule has 0 amide bonds. The fourth-order valence-electron chi connectivity index (χ4n) is 14.7. The highest BCUT2D eigenvalue weighted by atomic mass is 19.4. The second kappa shape index (κ2) is 17.8. The van der Waals surface area contributed by atoms with E-state index >= 15 is 0 Å². The molecule has 0 N–H and O–H groups in total. The molecule has 0 nitrogen and oxygen atoms in total. The maximum Gasteiger partial charge on any atom is 0.416 e. The molecule has 2 aliphatic carbocycles. The van der Waals surface area contributed by atoms with E-state index in [4.69, 9.17) is 0 Å². The first-order valence-electron chi connectivity index (χ1n) is 28.1. The van der Waals surface area contributed by atoms with Crippen molar-refractivity contribution in [3.63, 3.8) is 0 Å². The summed E-state index contributed by atoms with van der Waals surface area (Å²) in [7, 11) is 0. The normalized spacial score (nSPS) is 12.6. The number of alkyl halides is 6.